The van der Waals surface area contributed by atoms with E-state index in [4.69, 9.17) is 0 Å². The summed E-state index contributed by atoms with van der Waals surface area (Å²) in [5, 5.41) is 12.3. The predicted octanol–water partition coefficient (Wildman–Crippen LogP) is 8.10. The molecule has 5 aromatic rings. The molecule has 0 saturated carbocycles. The Kier molecular flexibility index (Phi) is 4.61. The fourth-order valence-electron chi connectivity index (χ4n) is 4.11. The van der Waals surface area contributed by atoms with Crippen molar-refractivity contribution in [1.82, 2.24) is 0 Å². The number of fused-ring (bicyclic) bond motifs is 2. The highest BCUT2D eigenvalue weighted by Crippen LogP contribution is 2.35. The topological polar surface area (TPSA) is 24.1 Å². The largest absolute Gasteiger partial charge is 0.353 e. The van der Waals surface area contributed by atoms with E-state index >= 15 is 0 Å². The lowest BCUT2D eigenvalue weighted by atomic mass is 10.0. The Hall–Kier alpha value is -3.78. The van der Waals surface area contributed by atoms with Crippen LogP contribution in [0.3, 0.4) is 0 Å². The maximum atomic E-state index is 3.66. The molecule has 0 aliphatic heterocycles. The van der Waals surface area contributed by atoms with Crippen LogP contribution in [0.1, 0.15) is 11.1 Å². The SMILES string of the molecule is Cc1ccc(Nc2ccccc2Nc2ccc(C)c3ccccc23)c2ccccc12. The van der Waals surface area contributed by atoms with Crippen molar-refractivity contribution < 1.29 is 0 Å². The molecule has 2 N–H and O–H groups in total. The number of aryl methyl sites for hydroxylation is 2. The van der Waals surface area contributed by atoms with Crippen LogP contribution in [0.4, 0.5) is 22.7 Å². The summed E-state index contributed by atoms with van der Waals surface area (Å²) in [6.45, 7) is 4.31. The fourth-order valence-corrected chi connectivity index (χ4v) is 4.11. The molecule has 0 aliphatic carbocycles. The van der Waals surface area contributed by atoms with Crippen molar-refractivity contribution >= 4 is 44.3 Å². The van der Waals surface area contributed by atoms with Crippen LogP contribution < -0.4 is 10.6 Å². The van der Waals surface area contributed by atoms with Crippen LogP contribution in [0.5, 0.6) is 0 Å². The molecule has 5 aromatic carbocycles. The second-order valence-electron chi connectivity index (χ2n) is 7.75. The van der Waals surface area contributed by atoms with Gasteiger partial charge in [-0.25, -0.2) is 0 Å². The van der Waals surface area contributed by atoms with Crippen LogP contribution in [0, 0.1) is 13.8 Å². The number of anilines is 4. The van der Waals surface area contributed by atoms with E-state index in [1.54, 1.807) is 0 Å². The Bertz CT molecular complexity index is 1260. The van der Waals surface area contributed by atoms with Crippen molar-refractivity contribution in [3.8, 4) is 0 Å². The number of hydrogen-bond donors (Lipinski definition) is 2. The predicted molar refractivity (Wildman–Crippen MR) is 130 cm³/mol. The normalized spacial score (nSPS) is 11.0. The Morgan fingerprint density at radius 2 is 0.733 bits per heavy atom. The van der Waals surface area contributed by atoms with Gasteiger partial charge in [0.1, 0.15) is 0 Å². The van der Waals surface area contributed by atoms with Gasteiger partial charge in [-0.1, -0.05) is 72.8 Å². The molecule has 5 rings (SSSR count). The molecule has 30 heavy (non-hydrogen) atoms. The summed E-state index contributed by atoms with van der Waals surface area (Å²) in [6, 6.07) is 34.1. The Morgan fingerprint density at radius 3 is 1.17 bits per heavy atom. The molecular formula is C28H24N2. The van der Waals surface area contributed by atoms with Gasteiger partial charge in [-0.3, -0.25) is 0 Å². The molecular weight excluding hydrogens is 364 g/mol. The molecule has 2 heteroatoms. The summed E-state index contributed by atoms with van der Waals surface area (Å²) < 4.78 is 0. The van der Waals surface area contributed by atoms with E-state index in [1.807, 2.05) is 0 Å². The van der Waals surface area contributed by atoms with Crippen LogP contribution in [0.2, 0.25) is 0 Å². The quantitative estimate of drug-likeness (QED) is 0.325. The van der Waals surface area contributed by atoms with Gasteiger partial charge >= 0.3 is 0 Å². The number of rotatable bonds is 4. The number of para-hydroxylation sites is 2. The third-order valence-electron chi connectivity index (χ3n) is 5.75. The summed E-state index contributed by atoms with van der Waals surface area (Å²) in [7, 11) is 0. The lowest BCUT2D eigenvalue weighted by Crippen LogP contribution is -1.99. The zero-order chi connectivity index (χ0) is 20.5. The van der Waals surface area contributed by atoms with E-state index in [-0.39, 0.29) is 0 Å². The Morgan fingerprint density at radius 1 is 0.367 bits per heavy atom. The lowest BCUT2D eigenvalue weighted by Gasteiger charge is -2.17. The molecule has 0 aliphatic rings. The smallest absolute Gasteiger partial charge is 0.0623 e. The second kappa shape index (κ2) is 7.57. The van der Waals surface area contributed by atoms with Gasteiger partial charge in [0.05, 0.1) is 11.4 Å². The molecule has 0 saturated heterocycles. The van der Waals surface area contributed by atoms with Gasteiger partial charge in [0, 0.05) is 22.1 Å². The first-order valence-corrected chi connectivity index (χ1v) is 10.3. The minimum Gasteiger partial charge on any atom is -0.353 e. The van der Waals surface area contributed by atoms with Gasteiger partial charge in [0.15, 0.2) is 0 Å². The summed E-state index contributed by atoms with van der Waals surface area (Å²) in [5.41, 5.74) is 6.90. The monoisotopic (exact) mass is 388 g/mol. The van der Waals surface area contributed by atoms with Crippen molar-refractivity contribution in [2.75, 3.05) is 10.6 Å². The molecule has 0 bridgehead atoms. The van der Waals surface area contributed by atoms with Crippen molar-refractivity contribution in [2.45, 2.75) is 13.8 Å². The number of nitrogens with one attached hydrogen (secondary N) is 2. The Balaban J connectivity index is 1.56. The van der Waals surface area contributed by atoms with Crippen LogP contribution in [-0.4, -0.2) is 0 Å². The first-order chi connectivity index (χ1) is 14.7. The molecule has 0 heterocycles. The maximum absolute atomic E-state index is 3.66. The average Bonchev–Trinajstić information content (AvgIpc) is 2.79. The molecule has 0 unspecified atom stereocenters. The average molecular weight is 389 g/mol. The maximum Gasteiger partial charge on any atom is 0.0623 e. The van der Waals surface area contributed by atoms with Crippen LogP contribution in [-0.2, 0) is 0 Å². The zero-order valence-corrected chi connectivity index (χ0v) is 17.2. The molecule has 0 fully saturated rings. The molecule has 2 nitrogen and oxygen atoms in total. The van der Waals surface area contributed by atoms with E-state index < -0.39 is 0 Å². The highest BCUT2D eigenvalue weighted by Gasteiger charge is 2.09. The van der Waals surface area contributed by atoms with Crippen molar-refractivity contribution in [3.63, 3.8) is 0 Å². The first-order valence-electron chi connectivity index (χ1n) is 10.3. The van der Waals surface area contributed by atoms with E-state index in [0.717, 1.165) is 22.7 Å². The van der Waals surface area contributed by atoms with Crippen LogP contribution >= 0.6 is 0 Å². The molecule has 0 amide bonds. The van der Waals surface area contributed by atoms with Gasteiger partial charge < -0.3 is 10.6 Å². The Labute approximate surface area is 177 Å². The van der Waals surface area contributed by atoms with Gasteiger partial charge in [-0.15, -0.1) is 0 Å². The van der Waals surface area contributed by atoms with Gasteiger partial charge in [0.25, 0.3) is 0 Å². The molecule has 146 valence electrons. The molecule has 0 radical (unpaired) electrons. The number of benzene rings is 5. The van der Waals surface area contributed by atoms with Crippen LogP contribution in [0.25, 0.3) is 21.5 Å². The minimum absolute atomic E-state index is 1.05. The van der Waals surface area contributed by atoms with Gasteiger partial charge in [0.2, 0.25) is 0 Å². The zero-order valence-electron chi connectivity index (χ0n) is 17.2. The highest BCUT2D eigenvalue weighted by molar-refractivity contribution is 6.00. The molecule has 0 atom stereocenters. The fraction of sp³-hybridized carbons (Fsp3) is 0.0714. The van der Waals surface area contributed by atoms with Gasteiger partial charge in [-0.05, 0) is 60.0 Å². The summed E-state index contributed by atoms with van der Waals surface area (Å²) in [4.78, 5) is 0. The van der Waals surface area contributed by atoms with Crippen LogP contribution in [0.15, 0.2) is 97.1 Å². The second-order valence-corrected chi connectivity index (χ2v) is 7.75. The van der Waals surface area contributed by atoms with Gasteiger partial charge in [-0.2, -0.15) is 0 Å². The van der Waals surface area contributed by atoms with E-state index in [2.05, 4.69) is 122 Å². The van der Waals surface area contributed by atoms with Crippen molar-refractivity contribution in [3.05, 3.63) is 108 Å². The number of hydrogen-bond acceptors (Lipinski definition) is 2. The molecule has 0 aromatic heterocycles. The first kappa shape index (κ1) is 18.3. The minimum atomic E-state index is 1.05. The molecule has 0 spiro atoms. The standard InChI is InChI=1S/C28H24N2/c1-19-15-17-25(23-11-5-3-9-21(19)23)29-27-13-7-8-14-28(27)30-26-18-16-20(2)22-10-4-6-12-24(22)26/h3-18,29-30H,1-2H3. The highest BCUT2D eigenvalue weighted by atomic mass is 15.0. The summed E-state index contributed by atoms with van der Waals surface area (Å²) in [6.07, 6.45) is 0. The third kappa shape index (κ3) is 3.27. The van der Waals surface area contributed by atoms with E-state index in [9.17, 15) is 0 Å². The third-order valence-corrected chi connectivity index (χ3v) is 5.75. The van der Waals surface area contributed by atoms with Crippen molar-refractivity contribution in [2.24, 2.45) is 0 Å². The van der Waals surface area contributed by atoms with E-state index in [0.29, 0.717) is 0 Å². The summed E-state index contributed by atoms with van der Waals surface area (Å²) >= 11 is 0. The van der Waals surface area contributed by atoms with E-state index in [1.165, 1.54) is 32.7 Å². The lowest BCUT2D eigenvalue weighted by molar-refractivity contribution is 1.48. The van der Waals surface area contributed by atoms with Crippen molar-refractivity contribution in [1.29, 1.82) is 0 Å². The summed E-state index contributed by atoms with van der Waals surface area (Å²) in [5.74, 6) is 0.